The predicted molar refractivity (Wildman–Crippen MR) is 77.9 cm³/mol. The zero-order chi connectivity index (χ0) is 14.8. The Bertz CT molecular complexity index is 829. The molecule has 3 rings (SSSR count). The molecular formula is C17H10N2O2. The van der Waals surface area contributed by atoms with Crippen molar-refractivity contribution < 1.29 is 9.59 Å². The van der Waals surface area contributed by atoms with E-state index in [9.17, 15) is 9.59 Å². The second kappa shape index (κ2) is 5.06. The molecule has 2 amide bonds. The van der Waals surface area contributed by atoms with Crippen molar-refractivity contribution in [3.63, 3.8) is 0 Å². The number of imide groups is 1. The second-order valence-corrected chi connectivity index (χ2v) is 4.62. The van der Waals surface area contributed by atoms with Crippen LogP contribution in [0.5, 0.6) is 0 Å². The molecule has 100 valence electrons. The normalized spacial score (nSPS) is 15.3. The molecule has 0 aromatic heterocycles. The van der Waals surface area contributed by atoms with Gasteiger partial charge in [-0.05, 0) is 35.4 Å². The number of nitrogens with one attached hydrogen (secondary N) is 1. The molecule has 0 radical (unpaired) electrons. The Kier molecular flexibility index (Phi) is 3.09. The number of hydrogen-bond acceptors (Lipinski definition) is 3. The fourth-order valence-corrected chi connectivity index (χ4v) is 2.28. The third-order valence-corrected chi connectivity index (χ3v) is 3.26. The van der Waals surface area contributed by atoms with E-state index in [0.29, 0.717) is 22.3 Å². The number of carbonyl (C=O) groups excluding carboxylic acids is 2. The highest BCUT2D eigenvalue weighted by Crippen LogP contribution is 2.26. The van der Waals surface area contributed by atoms with E-state index in [0.717, 1.165) is 5.56 Å². The Morgan fingerprint density at radius 3 is 2.48 bits per heavy atom. The van der Waals surface area contributed by atoms with Crippen LogP contribution < -0.4 is 5.32 Å². The topological polar surface area (TPSA) is 70.0 Å². The van der Waals surface area contributed by atoms with E-state index in [1.165, 1.54) is 0 Å². The minimum atomic E-state index is -0.430. The second-order valence-electron chi connectivity index (χ2n) is 4.62. The van der Waals surface area contributed by atoms with Gasteiger partial charge < -0.3 is 0 Å². The minimum absolute atomic E-state index is 0.390. The van der Waals surface area contributed by atoms with Crippen LogP contribution in [0.25, 0.3) is 11.6 Å². The molecule has 0 aliphatic carbocycles. The van der Waals surface area contributed by atoms with Crippen LogP contribution in [0, 0.1) is 11.3 Å². The van der Waals surface area contributed by atoms with Crippen molar-refractivity contribution in [2.75, 3.05) is 0 Å². The molecule has 0 bridgehead atoms. The van der Waals surface area contributed by atoms with Crippen LogP contribution >= 0.6 is 0 Å². The van der Waals surface area contributed by atoms with E-state index in [2.05, 4.69) is 11.4 Å². The molecule has 0 fully saturated rings. The number of nitrogens with zero attached hydrogens (tertiary/aromatic N) is 1. The van der Waals surface area contributed by atoms with Crippen molar-refractivity contribution in [1.82, 2.24) is 5.32 Å². The van der Waals surface area contributed by atoms with E-state index in [4.69, 9.17) is 5.26 Å². The van der Waals surface area contributed by atoms with Gasteiger partial charge in [-0.3, -0.25) is 14.9 Å². The van der Waals surface area contributed by atoms with Gasteiger partial charge in [0.1, 0.15) is 0 Å². The number of amides is 2. The molecule has 0 atom stereocenters. The third-order valence-electron chi connectivity index (χ3n) is 3.26. The SMILES string of the molecule is N#Cc1cccc(/C=C2/C(=O)NC(=O)c3ccccc32)c1. The molecular weight excluding hydrogens is 264 g/mol. The highest BCUT2D eigenvalue weighted by molar-refractivity contribution is 6.33. The summed E-state index contributed by atoms with van der Waals surface area (Å²) in [6.07, 6.45) is 1.68. The monoisotopic (exact) mass is 274 g/mol. The summed E-state index contributed by atoms with van der Waals surface area (Å²) in [5.41, 5.74) is 2.75. The number of carbonyl (C=O) groups is 2. The number of nitriles is 1. The molecule has 21 heavy (non-hydrogen) atoms. The molecule has 0 saturated heterocycles. The third kappa shape index (κ3) is 2.33. The van der Waals surface area contributed by atoms with Crippen LogP contribution in [0.3, 0.4) is 0 Å². The molecule has 4 heteroatoms. The van der Waals surface area contributed by atoms with Crippen LogP contribution in [0.2, 0.25) is 0 Å². The van der Waals surface area contributed by atoms with Gasteiger partial charge in [-0.2, -0.15) is 5.26 Å². The van der Waals surface area contributed by atoms with Crippen LogP contribution in [-0.4, -0.2) is 11.8 Å². The van der Waals surface area contributed by atoms with Gasteiger partial charge in [-0.25, -0.2) is 0 Å². The lowest BCUT2D eigenvalue weighted by Gasteiger charge is -2.18. The van der Waals surface area contributed by atoms with Gasteiger partial charge >= 0.3 is 0 Å². The van der Waals surface area contributed by atoms with Gasteiger partial charge in [0.25, 0.3) is 11.8 Å². The molecule has 2 aromatic carbocycles. The maximum absolute atomic E-state index is 12.1. The van der Waals surface area contributed by atoms with Crippen molar-refractivity contribution in [3.8, 4) is 6.07 Å². The molecule has 1 aliphatic heterocycles. The Labute approximate surface area is 121 Å². The zero-order valence-electron chi connectivity index (χ0n) is 11.0. The maximum Gasteiger partial charge on any atom is 0.258 e. The standard InChI is InChI=1S/C17H10N2O2/c18-10-12-5-3-4-11(8-12)9-15-13-6-1-2-7-14(13)16(20)19-17(15)21/h1-9H,(H,19,20,21)/b15-9+. The summed E-state index contributed by atoms with van der Waals surface area (Å²) >= 11 is 0. The van der Waals surface area contributed by atoms with E-state index < -0.39 is 11.8 Å². The van der Waals surface area contributed by atoms with Crippen LogP contribution in [0.1, 0.15) is 27.0 Å². The van der Waals surface area contributed by atoms with Crippen molar-refractivity contribution in [3.05, 3.63) is 70.8 Å². The number of benzene rings is 2. The first kappa shape index (κ1) is 12.8. The summed E-state index contributed by atoms with van der Waals surface area (Å²) in [7, 11) is 0. The first-order valence-corrected chi connectivity index (χ1v) is 6.36. The lowest BCUT2D eigenvalue weighted by Crippen LogP contribution is -2.36. The van der Waals surface area contributed by atoms with Gasteiger partial charge in [0, 0.05) is 11.1 Å². The van der Waals surface area contributed by atoms with E-state index >= 15 is 0 Å². The Balaban J connectivity index is 2.15. The summed E-state index contributed by atoms with van der Waals surface area (Å²) in [4.78, 5) is 23.9. The fraction of sp³-hybridized carbons (Fsp3) is 0. The lowest BCUT2D eigenvalue weighted by atomic mass is 9.93. The predicted octanol–water partition coefficient (Wildman–Crippen LogP) is 2.37. The Morgan fingerprint density at radius 2 is 1.71 bits per heavy atom. The molecule has 1 aliphatic rings. The van der Waals surface area contributed by atoms with E-state index in [-0.39, 0.29) is 0 Å². The Morgan fingerprint density at radius 1 is 0.952 bits per heavy atom. The highest BCUT2D eigenvalue weighted by Gasteiger charge is 2.26. The van der Waals surface area contributed by atoms with Crippen molar-refractivity contribution in [2.24, 2.45) is 0 Å². The first-order valence-electron chi connectivity index (χ1n) is 6.36. The van der Waals surface area contributed by atoms with Crippen molar-refractivity contribution in [1.29, 1.82) is 5.26 Å². The molecule has 1 N–H and O–H groups in total. The van der Waals surface area contributed by atoms with E-state index in [1.54, 1.807) is 54.6 Å². The van der Waals surface area contributed by atoms with Crippen LogP contribution in [-0.2, 0) is 4.79 Å². The zero-order valence-corrected chi connectivity index (χ0v) is 11.0. The smallest absolute Gasteiger partial charge is 0.258 e. The molecule has 0 saturated carbocycles. The van der Waals surface area contributed by atoms with Gasteiger partial charge in [0.2, 0.25) is 0 Å². The largest absolute Gasteiger partial charge is 0.288 e. The average Bonchev–Trinajstić information content (AvgIpc) is 2.51. The lowest BCUT2D eigenvalue weighted by molar-refractivity contribution is -0.114. The number of hydrogen-bond donors (Lipinski definition) is 1. The van der Waals surface area contributed by atoms with Crippen molar-refractivity contribution in [2.45, 2.75) is 0 Å². The van der Waals surface area contributed by atoms with Crippen molar-refractivity contribution >= 4 is 23.5 Å². The molecule has 0 unspecified atom stereocenters. The number of fused-ring (bicyclic) bond motifs is 1. The van der Waals surface area contributed by atoms with Gasteiger partial charge in [-0.1, -0.05) is 30.3 Å². The Hall–Kier alpha value is -3.19. The average molecular weight is 274 g/mol. The summed E-state index contributed by atoms with van der Waals surface area (Å²) in [5.74, 6) is -0.820. The minimum Gasteiger partial charge on any atom is -0.288 e. The summed E-state index contributed by atoms with van der Waals surface area (Å²) in [6, 6.07) is 16.0. The van der Waals surface area contributed by atoms with Gasteiger partial charge in [0.15, 0.2) is 0 Å². The molecule has 2 aromatic rings. The summed E-state index contributed by atoms with van der Waals surface area (Å²) in [5, 5.41) is 11.2. The molecule has 4 nitrogen and oxygen atoms in total. The highest BCUT2D eigenvalue weighted by atomic mass is 16.2. The van der Waals surface area contributed by atoms with Gasteiger partial charge in [-0.15, -0.1) is 0 Å². The summed E-state index contributed by atoms with van der Waals surface area (Å²) < 4.78 is 0. The van der Waals surface area contributed by atoms with Gasteiger partial charge in [0.05, 0.1) is 11.6 Å². The summed E-state index contributed by atoms with van der Waals surface area (Å²) in [6.45, 7) is 0. The van der Waals surface area contributed by atoms with Crippen LogP contribution in [0.4, 0.5) is 0 Å². The maximum atomic E-state index is 12.1. The first-order chi connectivity index (χ1) is 10.2. The molecule has 1 heterocycles. The quantitative estimate of drug-likeness (QED) is 0.641. The number of rotatable bonds is 1. The fourth-order valence-electron chi connectivity index (χ4n) is 2.28. The molecule has 0 spiro atoms. The van der Waals surface area contributed by atoms with Crippen LogP contribution in [0.15, 0.2) is 48.5 Å². The van der Waals surface area contributed by atoms with E-state index in [1.807, 2.05) is 0 Å².